The van der Waals surface area contributed by atoms with Gasteiger partial charge >= 0.3 is 5.97 Å². The summed E-state index contributed by atoms with van der Waals surface area (Å²) >= 11 is 0. The standard InChI is InChI=1S/C18H34O2/c1-4-7-9-10-12-14-17(13-11-8-5-2)15-16-18(19)20-6-3/h15-17H,4-14H2,1-3H3/b16-15+. The first-order valence-corrected chi connectivity index (χ1v) is 8.59. The van der Waals surface area contributed by atoms with Crippen LogP contribution in [0.3, 0.4) is 0 Å². The quantitative estimate of drug-likeness (QED) is 0.247. The Balaban J connectivity index is 4.02. The highest BCUT2D eigenvalue weighted by Crippen LogP contribution is 2.19. The van der Waals surface area contributed by atoms with Crippen LogP contribution in [0.1, 0.15) is 85.0 Å². The van der Waals surface area contributed by atoms with E-state index in [1.54, 1.807) is 6.08 Å². The summed E-state index contributed by atoms with van der Waals surface area (Å²) in [6, 6.07) is 0. The predicted octanol–water partition coefficient (Wildman–Crippen LogP) is 5.66. The van der Waals surface area contributed by atoms with Crippen LogP contribution in [0.25, 0.3) is 0 Å². The van der Waals surface area contributed by atoms with Crippen LogP contribution < -0.4 is 0 Å². The average Bonchev–Trinajstić information content (AvgIpc) is 2.44. The fraction of sp³-hybridized carbons (Fsp3) is 0.833. The Labute approximate surface area is 126 Å². The minimum atomic E-state index is -0.195. The van der Waals surface area contributed by atoms with Gasteiger partial charge in [0.1, 0.15) is 0 Å². The Morgan fingerprint density at radius 1 is 0.900 bits per heavy atom. The molecule has 2 heteroatoms. The molecule has 0 aromatic carbocycles. The first kappa shape index (κ1) is 19.2. The van der Waals surface area contributed by atoms with Gasteiger partial charge < -0.3 is 4.74 Å². The smallest absolute Gasteiger partial charge is 0.330 e. The molecular weight excluding hydrogens is 248 g/mol. The van der Waals surface area contributed by atoms with Gasteiger partial charge in [-0.1, -0.05) is 71.3 Å². The lowest BCUT2D eigenvalue weighted by Crippen LogP contribution is -2.02. The van der Waals surface area contributed by atoms with Crippen LogP contribution >= 0.6 is 0 Å². The van der Waals surface area contributed by atoms with E-state index in [1.807, 2.05) is 6.92 Å². The lowest BCUT2D eigenvalue weighted by atomic mass is 9.94. The number of ether oxygens (including phenoxy) is 1. The number of rotatable bonds is 13. The maximum Gasteiger partial charge on any atom is 0.330 e. The maximum atomic E-state index is 11.4. The normalized spacial score (nSPS) is 12.8. The van der Waals surface area contributed by atoms with Gasteiger partial charge in [-0.25, -0.2) is 4.79 Å². The third-order valence-electron chi connectivity index (χ3n) is 3.65. The third-order valence-corrected chi connectivity index (χ3v) is 3.65. The summed E-state index contributed by atoms with van der Waals surface area (Å²) in [5.74, 6) is 0.353. The molecule has 118 valence electrons. The number of carbonyl (C=O) groups excluding carboxylic acids is 1. The average molecular weight is 282 g/mol. The molecular formula is C18H34O2. The molecule has 0 saturated carbocycles. The zero-order valence-electron chi connectivity index (χ0n) is 13.8. The second kappa shape index (κ2) is 14.6. The minimum Gasteiger partial charge on any atom is -0.463 e. The summed E-state index contributed by atoms with van der Waals surface area (Å²) in [6.45, 7) is 6.78. The van der Waals surface area contributed by atoms with Gasteiger partial charge in [0.15, 0.2) is 0 Å². The molecule has 0 spiro atoms. The Bertz CT molecular complexity index is 246. The first-order chi connectivity index (χ1) is 9.74. The molecule has 0 fully saturated rings. The van der Waals surface area contributed by atoms with E-state index < -0.39 is 0 Å². The molecule has 1 unspecified atom stereocenters. The lowest BCUT2D eigenvalue weighted by Gasteiger charge is -2.12. The van der Waals surface area contributed by atoms with Crippen molar-refractivity contribution in [2.24, 2.45) is 5.92 Å². The van der Waals surface area contributed by atoms with E-state index in [0.29, 0.717) is 12.5 Å². The number of carbonyl (C=O) groups is 1. The molecule has 2 nitrogen and oxygen atoms in total. The Hall–Kier alpha value is -0.790. The molecule has 0 N–H and O–H groups in total. The fourth-order valence-electron chi connectivity index (χ4n) is 2.41. The Kier molecular flexibility index (Phi) is 14.0. The van der Waals surface area contributed by atoms with E-state index in [9.17, 15) is 4.79 Å². The van der Waals surface area contributed by atoms with E-state index >= 15 is 0 Å². The summed E-state index contributed by atoms with van der Waals surface area (Å²) in [6.07, 6.45) is 16.5. The molecule has 0 aromatic heterocycles. The van der Waals surface area contributed by atoms with Crippen molar-refractivity contribution in [3.63, 3.8) is 0 Å². The van der Waals surface area contributed by atoms with Crippen molar-refractivity contribution in [3.8, 4) is 0 Å². The lowest BCUT2D eigenvalue weighted by molar-refractivity contribution is -0.137. The second-order valence-electron chi connectivity index (χ2n) is 5.57. The van der Waals surface area contributed by atoms with Crippen LogP contribution in [0.5, 0.6) is 0 Å². The van der Waals surface area contributed by atoms with Crippen LogP contribution in [0.15, 0.2) is 12.2 Å². The van der Waals surface area contributed by atoms with Crippen molar-refractivity contribution in [2.75, 3.05) is 6.61 Å². The van der Waals surface area contributed by atoms with E-state index in [1.165, 1.54) is 64.2 Å². The number of hydrogen-bond donors (Lipinski definition) is 0. The molecule has 0 aliphatic rings. The molecule has 0 bridgehead atoms. The van der Waals surface area contributed by atoms with Crippen molar-refractivity contribution < 1.29 is 9.53 Å². The topological polar surface area (TPSA) is 26.3 Å². The molecule has 0 rings (SSSR count). The van der Waals surface area contributed by atoms with Gasteiger partial charge in [0.25, 0.3) is 0 Å². The van der Waals surface area contributed by atoms with Crippen molar-refractivity contribution in [1.82, 2.24) is 0 Å². The Morgan fingerprint density at radius 3 is 2.05 bits per heavy atom. The van der Waals surface area contributed by atoms with Gasteiger partial charge in [-0.2, -0.15) is 0 Å². The summed E-state index contributed by atoms with van der Waals surface area (Å²) in [5, 5.41) is 0. The zero-order chi connectivity index (χ0) is 15.1. The SMILES string of the molecule is CCCCCCCC(/C=C/C(=O)OCC)CCCCC. The molecule has 0 saturated heterocycles. The Morgan fingerprint density at radius 2 is 1.45 bits per heavy atom. The molecule has 0 radical (unpaired) electrons. The summed E-state index contributed by atoms with van der Waals surface area (Å²) < 4.78 is 4.95. The molecule has 0 aliphatic heterocycles. The number of unbranched alkanes of at least 4 members (excludes halogenated alkanes) is 6. The summed E-state index contributed by atoms with van der Waals surface area (Å²) in [7, 11) is 0. The highest BCUT2D eigenvalue weighted by Gasteiger charge is 2.06. The van der Waals surface area contributed by atoms with Crippen LogP contribution in [0.4, 0.5) is 0 Å². The second-order valence-corrected chi connectivity index (χ2v) is 5.57. The molecule has 20 heavy (non-hydrogen) atoms. The van der Waals surface area contributed by atoms with Crippen molar-refractivity contribution in [3.05, 3.63) is 12.2 Å². The zero-order valence-corrected chi connectivity index (χ0v) is 13.8. The van der Waals surface area contributed by atoms with Crippen LogP contribution in [0, 0.1) is 5.92 Å². The largest absolute Gasteiger partial charge is 0.463 e. The van der Waals surface area contributed by atoms with Crippen molar-refractivity contribution >= 4 is 5.97 Å². The van der Waals surface area contributed by atoms with Crippen LogP contribution in [0.2, 0.25) is 0 Å². The molecule has 0 amide bonds. The fourth-order valence-corrected chi connectivity index (χ4v) is 2.41. The molecule has 0 heterocycles. The van der Waals surface area contributed by atoms with E-state index in [4.69, 9.17) is 4.74 Å². The number of esters is 1. The van der Waals surface area contributed by atoms with Gasteiger partial charge in [-0.15, -0.1) is 0 Å². The summed E-state index contributed by atoms with van der Waals surface area (Å²) in [4.78, 5) is 11.4. The van der Waals surface area contributed by atoms with Crippen LogP contribution in [-0.4, -0.2) is 12.6 Å². The summed E-state index contributed by atoms with van der Waals surface area (Å²) in [5.41, 5.74) is 0. The van der Waals surface area contributed by atoms with Crippen molar-refractivity contribution in [1.29, 1.82) is 0 Å². The highest BCUT2D eigenvalue weighted by molar-refractivity contribution is 5.81. The van der Waals surface area contributed by atoms with E-state index in [2.05, 4.69) is 19.9 Å². The van der Waals surface area contributed by atoms with Gasteiger partial charge in [-0.3, -0.25) is 0 Å². The first-order valence-electron chi connectivity index (χ1n) is 8.59. The van der Waals surface area contributed by atoms with Crippen LogP contribution in [-0.2, 0) is 9.53 Å². The van der Waals surface area contributed by atoms with E-state index in [-0.39, 0.29) is 5.97 Å². The maximum absolute atomic E-state index is 11.4. The van der Waals surface area contributed by atoms with Gasteiger partial charge in [-0.05, 0) is 25.7 Å². The molecule has 1 atom stereocenters. The third kappa shape index (κ3) is 12.3. The van der Waals surface area contributed by atoms with E-state index in [0.717, 1.165) is 0 Å². The minimum absolute atomic E-state index is 0.195. The highest BCUT2D eigenvalue weighted by atomic mass is 16.5. The van der Waals surface area contributed by atoms with Crippen molar-refractivity contribution in [2.45, 2.75) is 85.0 Å². The van der Waals surface area contributed by atoms with Gasteiger partial charge in [0, 0.05) is 6.08 Å². The predicted molar refractivity (Wildman–Crippen MR) is 86.8 cm³/mol. The monoisotopic (exact) mass is 282 g/mol. The molecule has 0 aliphatic carbocycles. The molecule has 0 aromatic rings. The van der Waals surface area contributed by atoms with Gasteiger partial charge in [0.05, 0.1) is 6.61 Å². The van der Waals surface area contributed by atoms with Gasteiger partial charge in [0.2, 0.25) is 0 Å². The number of allylic oxidation sites excluding steroid dienone is 1. The number of hydrogen-bond acceptors (Lipinski definition) is 2.